The molecule has 0 bridgehead atoms. The number of halogens is 4. The molecule has 0 aliphatic rings. The van der Waals surface area contributed by atoms with Gasteiger partial charge < -0.3 is 10.5 Å². The lowest BCUT2D eigenvalue weighted by Crippen LogP contribution is -2.34. The predicted octanol–water partition coefficient (Wildman–Crippen LogP) is 1.64. The van der Waals surface area contributed by atoms with Gasteiger partial charge in [0.2, 0.25) is 0 Å². The molecule has 0 amide bonds. The van der Waals surface area contributed by atoms with Gasteiger partial charge in [0.15, 0.2) is 0 Å². The first-order chi connectivity index (χ1) is 5.90. The topological polar surface area (TPSA) is 35.2 Å². The van der Waals surface area contributed by atoms with Gasteiger partial charge in [0.05, 0.1) is 6.10 Å². The molecule has 0 aliphatic heterocycles. The van der Waals surface area contributed by atoms with E-state index in [1.54, 1.807) is 0 Å². The normalized spacial score (nSPS) is 15.0. The molecule has 0 aromatic rings. The summed E-state index contributed by atoms with van der Waals surface area (Å²) in [6, 6.07) is 0. The Hall–Kier alpha value is -0.360. The Morgan fingerprint density at radius 1 is 1.38 bits per heavy atom. The second kappa shape index (κ2) is 5.39. The molecule has 2 nitrogen and oxygen atoms in total. The van der Waals surface area contributed by atoms with E-state index in [0.717, 1.165) is 0 Å². The van der Waals surface area contributed by atoms with E-state index in [1.807, 2.05) is 0 Å². The molecule has 0 aliphatic carbocycles. The van der Waals surface area contributed by atoms with Gasteiger partial charge in [-0.1, -0.05) is 0 Å². The zero-order chi connectivity index (χ0) is 10.5. The maximum Gasteiger partial charge on any atom is 0.330 e. The molecule has 0 rings (SSSR count). The van der Waals surface area contributed by atoms with Crippen LogP contribution in [0.15, 0.2) is 0 Å². The van der Waals surface area contributed by atoms with E-state index in [2.05, 4.69) is 4.74 Å². The van der Waals surface area contributed by atoms with Crippen LogP contribution in [-0.2, 0) is 4.74 Å². The molecule has 6 heteroatoms. The summed E-state index contributed by atoms with van der Waals surface area (Å²) in [7, 11) is 0. The van der Waals surface area contributed by atoms with E-state index >= 15 is 0 Å². The molecule has 1 unspecified atom stereocenters. The zero-order valence-electron chi connectivity index (χ0n) is 7.27. The van der Waals surface area contributed by atoms with Crippen molar-refractivity contribution in [3.63, 3.8) is 0 Å². The lowest BCUT2D eigenvalue weighted by atomic mass is 10.3. The molecule has 0 aromatic heterocycles. The van der Waals surface area contributed by atoms with E-state index in [4.69, 9.17) is 5.73 Å². The number of hydrogen-bond donors (Lipinski definition) is 1. The van der Waals surface area contributed by atoms with Crippen LogP contribution >= 0.6 is 0 Å². The van der Waals surface area contributed by atoms with Crippen molar-refractivity contribution in [2.24, 2.45) is 5.73 Å². The fraction of sp³-hybridized carbons (Fsp3) is 1.00. The molecule has 0 fully saturated rings. The van der Waals surface area contributed by atoms with Crippen molar-refractivity contribution >= 4 is 0 Å². The van der Waals surface area contributed by atoms with Gasteiger partial charge in [0.25, 0.3) is 0 Å². The number of hydrogen-bond acceptors (Lipinski definition) is 2. The van der Waals surface area contributed by atoms with Crippen LogP contribution in [0.5, 0.6) is 0 Å². The quantitative estimate of drug-likeness (QED) is 0.666. The van der Waals surface area contributed by atoms with Gasteiger partial charge >= 0.3 is 12.3 Å². The van der Waals surface area contributed by atoms with Crippen LogP contribution < -0.4 is 5.73 Å². The third-order valence-corrected chi connectivity index (χ3v) is 1.45. The third-order valence-electron chi connectivity index (χ3n) is 1.45. The minimum atomic E-state index is -4.07. The summed E-state index contributed by atoms with van der Waals surface area (Å²) in [5.74, 6) is -4.07. The third kappa shape index (κ3) is 5.05. The molecule has 0 saturated carbocycles. The number of nitrogens with two attached hydrogens (primary N) is 1. The van der Waals surface area contributed by atoms with Gasteiger partial charge in [-0.15, -0.1) is 0 Å². The first-order valence-corrected chi connectivity index (χ1v) is 3.87. The molecule has 0 saturated heterocycles. The molecule has 80 valence electrons. The fourth-order valence-electron chi connectivity index (χ4n) is 0.634. The highest BCUT2D eigenvalue weighted by atomic mass is 19.3. The fourth-order valence-corrected chi connectivity index (χ4v) is 0.634. The Balaban J connectivity index is 3.74. The summed E-state index contributed by atoms with van der Waals surface area (Å²) in [6.07, 6.45) is -3.83. The van der Waals surface area contributed by atoms with Gasteiger partial charge in [-0.25, -0.2) is 8.78 Å². The van der Waals surface area contributed by atoms with E-state index in [-0.39, 0.29) is 6.54 Å². The molecule has 13 heavy (non-hydrogen) atoms. The van der Waals surface area contributed by atoms with Crippen molar-refractivity contribution in [2.75, 3.05) is 13.2 Å². The van der Waals surface area contributed by atoms with Crippen LogP contribution in [0, 0.1) is 0 Å². The van der Waals surface area contributed by atoms with E-state index in [1.165, 1.54) is 6.92 Å². The van der Waals surface area contributed by atoms with Crippen molar-refractivity contribution in [3.8, 4) is 0 Å². The zero-order valence-corrected chi connectivity index (χ0v) is 7.27. The second-order valence-corrected chi connectivity index (χ2v) is 2.76. The van der Waals surface area contributed by atoms with Crippen LogP contribution in [0.25, 0.3) is 0 Å². The van der Waals surface area contributed by atoms with Gasteiger partial charge in [-0.05, 0) is 19.9 Å². The number of rotatable bonds is 6. The molecular formula is C7H13F4NO. The van der Waals surface area contributed by atoms with Crippen molar-refractivity contribution in [2.45, 2.75) is 31.8 Å². The Labute approximate surface area is 74.0 Å². The maximum atomic E-state index is 12.2. The Kier molecular flexibility index (Phi) is 5.24. The monoisotopic (exact) mass is 203 g/mol. The largest absolute Gasteiger partial charge is 0.372 e. The van der Waals surface area contributed by atoms with Crippen LogP contribution in [0.2, 0.25) is 0 Å². The highest BCUT2D eigenvalue weighted by Crippen LogP contribution is 2.23. The average molecular weight is 203 g/mol. The van der Waals surface area contributed by atoms with Gasteiger partial charge in [0, 0.05) is 0 Å². The smallest absolute Gasteiger partial charge is 0.330 e. The lowest BCUT2D eigenvalue weighted by molar-refractivity contribution is -0.174. The van der Waals surface area contributed by atoms with Gasteiger partial charge in [0.1, 0.15) is 6.61 Å². The molecule has 0 heterocycles. The summed E-state index contributed by atoms with van der Waals surface area (Å²) in [6.45, 7) is 0.529. The first kappa shape index (κ1) is 12.6. The summed E-state index contributed by atoms with van der Waals surface area (Å²) in [5, 5.41) is 0. The molecular weight excluding hydrogens is 190 g/mol. The van der Waals surface area contributed by atoms with Crippen LogP contribution in [0.4, 0.5) is 17.6 Å². The highest BCUT2D eigenvalue weighted by Gasteiger charge is 2.41. The summed E-state index contributed by atoms with van der Waals surface area (Å²) in [5.41, 5.74) is 5.11. The maximum absolute atomic E-state index is 12.2. The molecule has 2 N–H and O–H groups in total. The first-order valence-electron chi connectivity index (χ1n) is 3.87. The summed E-state index contributed by atoms with van der Waals surface area (Å²) in [4.78, 5) is 0. The van der Waals surface area contributed by atoms with E-state index in [9.17, 15) is 17.6 Å². The number of ether oxygens (including phenoxy) is 1. The Morgan fingerprint density at radius 3 is 2.31 bits per heavy atom. The minimum Gasteiger partial charge on any atom is -0.372 e. The SMILES string of the molecule is CC(CCN)OCC(F)(F)C(F)F. The molecule has 0 radical (unpaired) electrons. The molecule has 0 spiro atoms. The van der Waals surface area contributed by atoms with Gasteiger partial charge in [-0.2, -0.15) is 8.78 Å². The van der Waals surface area contributed by atoms with E-state index < -0.39 is 25.1 Å². The van der Waals surface area contributed by atoms with Gasteiger partial charge in [-0.3, -0.25) is 0 Å². The summed E-state index contributed by atoms with van der Waals surface area (Å²) < 4.78 is 52.2. The van der Waals surface area contributed by atoms with Crippen LogP contribution in [0.1, 0.15) is 13.3 Å². The minimum absolute atomic E-state index is 0.279. The highest BCUT2D eigenvalue weighted by molar-refractivity contribution is 4.68. The predicted molar refractivity (Wildman–Crippen MR) is 40.0 cm³/mol. The van der Waals surface area contributed by atoms with Crippen molar-refractivity contribution in [1.29, 1.82) is 0 Å². The Morgan fingerprint density at radius 2 is 1.92 bits per heavy atom. The average Bonchev–Trinajstić information content (AvgIpc) is 2.01. The lowest BCUT2D eigenvalue weighted by Gasteiger charge is -2.18. The molecule has 1 atom stereocenters. The Bertz CT molecular complexity index is 142. The van der Waals surface area contributed by atoms with Crippen molar-refractivity contribution in [1.82, 2.24) is 0 Å². The molecule has 0 aromatic carbocycles. The van der Waals surface area contributed by atoms with E-state index in [0.29, 0.717) is 6.42 Å². The summed E-state index contributed by atoms with van der Waals surface area (Å²) >= 11 is 0. The number of alkyl halides is 4. The van der Waals surface area contributed by atoms with Crippen LogP contribution in [-0.4, -0.2) is 31.6 Å². The van der Waals surface area contributed by atoms with Crippen LogP contribution in [0.3, 0.4) is 0 Å². The van der Waals surface area contributed by atoms with Crippen molar-refractivity contribution < 1.29 is 22.3 Å². The van der Waals surface area contributed by atoms with Crippen molar-refractivity contribution in [3.05, 3.63) is 0 Å². The standard InChI is InChI=1S/C7H13F4NO/c1-5(2-3-12)13-4-7(10,11)6(8)9/h5-6H,2-4,12H2,1H3. The second-order valence-electron chi connectivity index (χ2n) is 2.76.